The Morgan fingerprint density at radius 3 is 2.42 bits per heavy atom. The van der Waals surface area contributed by atoms with Gasteiger partial charge in [-0.1, -0.05) is 20.3 Å². The van der Waals surface area contributed by atoms with Gasteiger partial charge in [0.25, 0.3) is 0 Å². The van der Waals surface area contributed by atoms with Crippen molar-refractivity contribution in [3.63, 3.8) is 0 Å². The van der Waals surface area contributed by atoms with E-state index in [1.807, 2.05) is 0 Å². The Morgan fingerprint density at radius 2 is 1.84 bits per heavy atom. The van der Waals surface area contributed by atoms with Crippen molar-refractivity contribution in [3.05, 3.63) is 0 Å². The van der Waals surface area contributed by atoms with Crippen molar-refractivity contribution in [2.45, 2.75) is 58.4 Å². The number of nitrogens with one attached hydrogen (secondary N) is 1. The second kappa shape index (κ2) is 6.13. The molecule has 0 radical (unpaired) electrons. The molecule has 0 amide bonds. The number of hydrogen-bond acceptors (Lipinski definition) is 2. The number of piperidine rings is 1. The molecule has 2 aliphatic carbocycles. The normalized spacial score (nSPS) is 36.5. The van der Waals surface area contributed by atoms with Gasteiger partial charge >= 0.3 is 0 Å². The van der Waals surface area contributed by atoms with Crippen LogP contribution in [0.5, 0.6) is 0 Å². The number of nitrogens with zero attached hydrogens (tertiary/aromatic N) is 1. The van der Waals surface area contributed by atoms with Crippen LogP contribution >= 0.6 is 0 Å². The predicted molar refractivity (Wildman–Crippen MR) is 81.2 cm³/mol. The van der Waals surface area contributed by atoms with Crippen molar-refractivity contribution in [2.24, 2.45) is 23.7 Å². The Bertz CT molecular complexity index is 281. The Balaban J connectivity index is 1.36. The summed E-state index contributed by atoms with van der Waals surface area (Å²) < 4.78 is 0. The largest absolute Gasteiger partial charge is 0.314 e. The highest BCUT2D eigenvalue weighted by atomic mass is 15.1. The van der Waals surface area contributed by atoms with E-state index in [1.165, 1.54) is 39.0 Å². The topological polar surface area (TPSA) is 15.3 Å². The first kappa shape index (κ1) is 13.9. The van der Waals surface area contributed by atoms with Crippen LogP contribution in [0.4, 0.5) is 0 Å². The molecule has 19 heavy (non-hydrogen) atoms. The van der Waals surface area contributed by atoms with Crippen molar-refractivity contribution in [3.8, 4) is 0 Å². The van der Waals surface area contributed by atoms with E-state index in [1.54, 1.807) is 25.7 Å². The standard InChI is InChI=1S/C17H32N2/c1-13(2)18-11-14-5-7-19(8-6-14)12-17-10-15-3-4-16(17)9-15/h13-18H,3-12H2,1-2H3. The average molecular weight is 264 g/mol. The molecule has 1 heterocycles. The highest BCUT2D eigenvalue weighted by molar-refractivity contribution is 4.91. The van der Waals surface area contributed by atoms with Gasteiger partial charge in [0.05, 0.1) is 0 Å². The second-order valence-electron chi connectivity index (χ2n) is 7.74. The summed E-state index contributed by atoms with van der Waals surface area (Å²) in [5.41, 5.74) is 0. The first-order valence-corrected chi connectivity index (χ1v) is 8.66. The van der Waals surface area contributed by atoms with Gasteiger partial charge in [-0.25, -0.2) is 0 Å². The van der Waals surface area contributed by atoms with Crippen molar-refractivity contribution in [1.82, 2.24) is 10.2 Å². The molecule has 3 aliphatic rings. The maximum absolute atomic E-state index is 3.61. The molecule has 3 fully saturated rings. The summed E-state index contributed by atoms with van der Waals surface area (Å²) >= 11 is 0. The van der Waals surface area contributed by atoms with Crippen LogP contribution in [0.1, 0.15) is 52.4 Å². The van der Waals surface area contributed by atoms with Gasteiger partial charge in [-0.3, -0.25) is 0 Å². The zero-order valence-corrected chi connectivity index (χ0v) is 12.9. The Kier molecular flexibility index (Phi) is 4.48. The molecule has 0 aromatic heterocycles. The van der Waals surface area contributed by atoms with Gasteiger partial charge in [0.15, 0.2) is 0 Å². The van der Waals surface area contributed by atoms with E-state index >= 15 is 0 Å². The summed E-state index contributed by atoms with van der Waals surface area (Å²) in [6.07, 6.45) is 9.05. The van der Waals surface area contributed by atoms with Gasteiger partial charge < -0.3 is 10.2 Å². The van der Waals surface area contributed by atoms with Crippen LogP contribution in [-0.2, 0) is 0 Å². The third-order valence-corrected chi connectivity index (χ3v) is 5.90. The van der Waals surface area contributed by atoms with Crippen LogP contribution in [0.15, 0.2) is 0 Å². The van der Waals surface area contributed by atoms with E-state index in [-0.39, 0.29) is 0 Å². The van der Waals surface area contributed by atoms with Crippen molar-refractivity contribution >= 4 is 0 Å². The summed E-state index contributed by atoms with van der Waals surface area (Å²) in [7, 11) is 0. The molecular formula is C17H32N2. The molecule has 110 valence electrons. The molecule has 0 aromatic rings. The number of likely N-dealkylation sites (tertiary alicyclic amines) is 1. The zero-order valence-electron chi connectivity index (χ0n) is 12.9. The summed E-state index contributed by atoms with van der Waals surface area (Å²) in [6, 6.07) is 0.645. The van der Waals surface area contributed by atoms with Gasteiger partial charge in [-0.2, -0.15) is 0 Å². The summed E-state index contributed by atoms with van der Waals surface area (Å²) in [6.45, 7) is 9.89. The van der Waals surface area contributed by atoms with Crippen molar-refractivity contribution in [1.29, 1.82) is 0 Å². The van der Waals surface area contributed by atoms with Crippen molar-refractivity contribution < 1.29 is 0 Å². The maximum atomic E-state index is 3.61. The van der Waals surface area contributed by atoms with Gasteiger partial charge in [0.1, 0.15) is 0 Å². The lowest BCUT2D eigenvalue weighted by molar-refractivity contribution is 0.138. The zero-order chi connectivity index (χ0) is 13.2. The third kappa shape index (κ3) is 3.52. The highest BCUT2D eigenvalue weighted by Gasteiger charge is 2.40. The first-order valence-electron chi connectivity index (χ1n) is 8.66. The van der Waals surface area contributed by atoms with E-state index in [9.17, 15) is 0 Å². The summed E-state index contributed by atoms with van der Waals surface area (Å²) in [5.74, 6) is 4.20. The Morgan fingerprint density at radius 1 is 1.05 bits per heavy atom. The molecular weight excluding hydrogens is 232 g/mol. The van der Waals surface area contributed by atoms with Crippen LogP contribution < -0.4 is 5.32 Å². The van der Waals surface area contributed by atoms with Crippen molar-refractivity contribution in [2.75, 3.05) is 26.2 Å². The van der Waals surface area contributed by atoms with Crippen LogP contribution in [0.25, 0.3) is 0 Å². The van der Waals surface area contributed by atoms with E-state index in [2.05, 4.69) is 24.1 Å². The highest BCUT2D eigenvalue weighted by Crippen LogP contribution is 2.48. The maximum Gasteiger partial charge on any atom is 0.00124 e. The Hall–Kier alpha value is -0.0800. The first-order chi connectivity index (χ1) is 9.20. The van der Waals surface area contributed by atoms with E-state index in [4.69, 9.17) is 0 Å². The van der Waals surface area contributed by atoms with Crippen LogP contribution in [0.2, 0.25) is 0 Å². The smallest absolute Gasteiger partial charge is 0.00124 e. The molecule has 2 heteroatoms. The molecule has 2 saturated carbocycles. The molecule has 3 atom stereocenters. The fourth-order valence-electron chi connectivity index (χ4n) is 4.71. The molecule has 0 spiro atoms. The predicted octanol–water partition coefficient (Wildman–Crippen LogP) is 3.13. The Labute approximate surface area is 119 Å². The number of rotatable bonds is 5. The summed E-state index contributed by atoms with van der Waals surface area (Å²) in [5, 5.41) is 3.61. The van der Waals surface area contributed by atoms with Gasteiger partial charge in [0.2, 0.25) is 0 Å². The second-order valence-corrected chi connectivity index (χ2v) is 7.74. The van der Waals surface area contributed by atoms with Gasteiger partial charge in [0, 0.05) is 12.6 Å². The molecule has 3 unspecified atom stereocenters. The minimum atomic E-state index is 0.645. The molecule has 3 rings (SSSR count). The fraction of sp³-hybridized carbons (Fsp3) is 1.00. The molecule has 2 bridgehead atoms. The minimum absolute atomic E-state index is 0.645. The summed E-state index contributed by atoms with van der Waals surface area (Å²) in [4.78, 5) is 2.78. The van der Waals surface area contributed by atoms with Crippen LogP contribution in [0.3, 0.4) is 0 Å². The van der Waals surface area contributed by atoms with E-state index < -0.39 is 0 Å². The number of fused-ring (bicyclic) bond motifs is 2. The SMILES string of the molecule is CC(C)NCC1CCN(CC2CC3CCC2C3)CC1. The lowest BCUT2D eigenvalue weighted by Gasteiger charge is -2.35. The van der Waals surface area contributed by atoms with E-state index in [0.717, 1.165) is 23.7 Å². The lowest BCUT2D eigenvalue weighted by Crippen LogP contribution is -2.41. The average Bonchev–Trinajstić information content (AvgIpc) is 3.00. The van der Waals surface area contributed by atoms with E-state index in [0.29, 0.717) is 6.04 Å². The molecule has 0 aromatic carbocycles. The fourth-order valence-corrected chi connectivity index (χ4v) is 4.71. The molecule has 1 saturated heterocycles. The molecule has 1 aliphatic heterocycles. The third-order valence-electron chi connectivity index (χ3n) is 5.90. The minimum Gasteiger partial charge on any atom is -0.314 e. The van der Waals surface area contributed by atoms with Gasteiger partial charge in [-0.15, -0.1) is 0 Å². The van der Waals surface area contributed by atoms with Crippen LogP contribution in [0, 0.1) is 23.7 Å². The molecule has 1 N–H and O–H groups in total. The van der Waals surface area contributed by atoms with Gasteiger partial charge in [-0.05, 0) is 75.4 Å². The number of hydrogen-bond donors (Lipinski definition) is 1. The quantitative estimate of drug-likeness (QED) is 0.821. The van der Waals surface area contributed by atoms with Crippen LogP contribution in [-0.4, -0.2) is 37.1 Å². The lowest BCUT2D eigenvalue weighted by atomic mass is 9.87. The monoisotopic (exact) mass is 264 g/mol. The molecule has 2 nitrogen and oxygen atoms in total.